The molecule has 0 aliphatic carbocycles. The molecular weight excluding hydrogens is 162 g/mol. The molecule has 3 nitrogen and oxygen atoms in total. The predicted octanol–water partition coefficient (Wildman–Crippen LogP) is 0.472. The van der Waals surface area contributed by atoms with E-state index < -0.39 is 9.84 Å². The van der Waals surface area contributed by atoms with E-state index in [4.69, 9.17) is 5.73 Å². The lowest BCUT2D eigenvalue weighted by Gasteiger charge is -1.99. The number of sulfone groups is 1. The van der Waals surface area contributed by atoms with Crippen molar-refractivity contribution in [3.05, 3.63) is 24.3 Å². The first-order valence-corrected chi connectivity index (χ1v) is 4.87. The molecule has 0 atom stereocenters. The van der Waals surface area contributed by atoms with Crippen LogP contribution in [0.3, 0.4) is 0 Å². The lowest BCUT2D eigenvalue weighted by Crippen LogP contribution is -2.01. The van der Waals surface area contributed by atoms with Crippen molar-refractivity contribution in [1.29, 1.82) is 0 Å². The van der Waals surface area contributed by atoms with Crippen molar-refractivity contribution < 1.29 is 8.42 Å². The second-order valence-electron chi connectivity index (χ2n) is 2.22. The fourth-order valence-corrected chi connectivity index (χ4v) is 1.54. The number of hydrogen-bond acceptors (Lipinski definition) is 3. The quantitative estimate of drug-likeness (QED) is 0.623. The van der Waals surface area contributed by atoms with Crippen molar-refractivity contribution in [1.82, 2.24) is 0 Å². The molecule has 0 fully saturated rings. The molecule has 0 aliphatic heterocycles. The fourth-order valence-electron chi connectivity index (χ4n) is 0.758. The van der Waals surface area contributed by atoms with E-state index in [-0.39, 0.29) is 10.6 Å². The summed E-state index contributed by atoms with van der Waals surface area (Å²) in [4.78, 5) is 0.139. The van der Waals surface area contributed by atoms with E-state index in [1.807, 2.05) is 0 Å². The third-order valence-electron chi connectivity index (χ3n) is 1.25. The van der Waals surface area contributed by atoms with E-state index in [0.29, 0.717) is 0 Å². The average Bonchev–Trinajstić information content (AvgIpc) is 1.86. The molecular formula is C7H8NO2S. The van der Waals surface area contributed by atoms with Crippen LogP contribution in [-0.4, -0.2) is 14.7 Å². The zero-order valence-electron chi connectivity index (χ0n) is 6.03. The number of nitrogen functional groups attached to an aromatic ring is 1. The van der Waals surface area contributed by atoms with Crippen LogP contribution in [0.15, 0.2) is 23.1 Å². The second kappa shape index (κ2) is 2.54. The Morgan fingerprint density at radius 2 is 2.18 bits per heavy atom. The minimum Gasteiger partial charge on any atom is -0.397 e. The molecule has 4 heteroatoms. The molecule has 0 aromatic heterocycles. The van der Waals surface area contributed by atoms with E-state index in [0.717, 1.165) is 6.26 Å². The van der Waals surface area contributed by atoms with Crippen molar-refractivity contribution in [2.75, 3.05) is 12.0 Å². The summed E-state index contributed by atoms with van der Waals surface area (Å²) in [7, 11) is -3.19. The Morgan fingerprint density at radius 3 is 2.55 bits per heavy atom. The molecule has 1 aromatic rings. The summed E-state index contributed by atoms with van der Waals surface area (Å²) >= 11 is 0. The largest absolute Gasteiger partial charge is 0.397 e. The average molecular weight is 170 g/mol. The lowest BCUT2D eigenvalue weighted by molar-refractivity contribution is 0.602. The highest BCUT2D eigenvalue weighted by atomic mass is 32.2. The van der Waals surface area contributed by atoms with Gasteiger partial charge in [-0.25, -0.2) is 8.42 Å². The van der Waals surface area contributed by atoms with Crippen molar-refractivity contribution in [2.45, 2.75) is 4.90 Å². The van der Waals surface area contributed by atoms with Crippen LogP contribution in [-0.2, 0) is 9.84 Å². The van der Waals surface area contributed by atoms with Gasteiger partial charge in [-0.15, -0.1) is 0 Å². The molecule has 59 valence electrons. The molecule has 2 N–H and O–H groups in total. The minimum atomic E-state index is -3.19. The molecule has 1 rings (SSSR count). The number of rotatable bonds is 1. The topological polar surface area (TPSA) is 60.2 Å². The number of anilines is 1. The van der Waals surface area contributed by atoms with E-state index in [9.17, 15) is 8.42 Å². The van der Waals surface area contributed by atoms with Gasteiger partial charge in [0, 0.05) is 12.3 Å². The standard InChI is InChI=1S/C7H8NO2S/c1-11(9,10)7-5-3-2-4-6(7)8/h2-3,5H,8H2,1H3. The van der Waals surface area contributed by atoms with Gasteiger partial charge in [0.25, 0.3) is 0 Å². The molecule has 0 saturated carbocycles. The molecule has 0 bridgehead atoms. The molecule has 0 saturated heterocycles. The monoisotopic (exact) mass is 170 g/mol. The molecule has 0 heterocycles. The zero-order chi connectivity index (χ0) is 8.48. The maximum absolute atomic E-state index is 11.0. The smallest absolute Gasteiger partial charge is 0.177 e. The van der Waals surface area contributed by atoms with Crippen molar-refractivity contribution in [3.63, 3.8) is 0 Å². The van der Waals surface area contributed by atoms with Crippen LogP contribution in [0.5, 0.6) is 0 Å². The summed E-state index contributed by atoms with van der Waals surface area (Å²) in [6.45, 7) is 0. The molecule has 0 aliphatic rings. The van der Waals surface area contributed by atoms with Gasteiger partial charge in [-0.2, -0.15) is 0 Å². The van der Waals surface area contributed by atoms with Crippen LogP contribution in [0.25, 0.3) is 0 Å². The third kappa shape index (κ3) is 1.71. The Morgan fingerprint density at radius 1 is 1.55 bits per heavy atom. The van der Waals surface area contributed by atoms with Gasteiger partial charge in [0.2, 0.25) is 0 Å². The zero-order valence-corrected chi connectivity index (χ0v) is 6.85. The number of hydrogen-bond donors (Lipinski definition) is 1. The number of benzene rings is 1. The van der Waals surface area contributed by atoms with Gasteiger partial charge < -0.3 is 5.73 Å². The summed E-state index contributed by atoms with van der Waals surface area (Å²) in [5, 5.41) is 0. The molecule has 0 amide bonds. The molecule has 1 aromatic carbocycles. The molecule has 0 spiro atoms. The predicted molar refractivity (Wildman–Crippen MR) is 42.8 cm³/mol. The van der Waals surface area contributed by atoms with Gasteiger partial charge in [-0.1, -0.05) is 12.1 Å². The highest BCUT2D eigenvalue weighted by Crippen LogP contribution is 2.15. The molecule has 11 heavy (non-hydrogen) atoms. The first-order chi connectivity index (χ1) is 5.02. The summed E-state index contributed by atoms with van der Waals surface area (Å²) in [6.07, 6.45) is 1.12. The van der Waals surface area contributed by atoms with E-state index in [1.165, 1.54) is 6.07 Å². The summed E-state index contributed by atoms with van der Waals surface area (Å²) in [5.74, 6) is 0. The van der Waals surface area contributed by atoms with Crippen molar-refractivity contribution >= 4 is 15.5 Å². The number of nitrogens with two attached hydrogens (primary N) is 1. The van der Waals surface area contributed by atoms with Crippen LogP contribution in [0, 0.1) is 6.07 Å². The second-order valence-corrected chi connectivity index (χ2v) is 4.20. The van der Waals surface area contributed by atoms with Crippen LogP contribution in [0.2, 0.25) is 0 Å². The van der Waals surface area contributed by atoms with Gasteiger partial charge in [0.15, 0.2) is 9.84 Å². The number of para-hydroxylation sites is 1. The van der Waals surface area contributed by atoms with Crippen LogP contribution < -0.4 is 5.73 Å². The van der Waals surface area contributed by atoms with E-state index in [1.54, 1.807) is 12.1 Å². The van der Waals surface area contributed by atoms with Crippen LogP contribution in [0.1, 0.15) is 0 Å². The van der Waals surface area contributed by atoms with E-state index in [2.05, 4.69) is 6.07 Å². The summed E-state index contributed by atoms with van der Waals surface area (Å²) in [6, 6.07) is 7.23. The Balaban J connectivity index is 3.37. The summed E-state index contributed by atoms with van der Waals surface area (Å²) in [5.41, 5.74) is 5.55. The van der Waals surface area contributed by atoms with Crippen LogP contribution in [0.4, 0.5) is 5.69 Å². The SMILES string of the molecule is CS(=O)(=O)c1ccc[c]c1N. The summed E-state index contributed by atoms with van der Waals surface area (Å²) < 4.78 is 21.9. The fraction of sp³-hybridized carbons (Fsp3) is 0.143. The normalized spacial score (nSPS) is 11.4. The lowest BCUT2D eigenvalue weighted by atomic mass is 10.3. The minimum absolute atomic E-state index is 0.139. The highest BCUT2D eigenvalue weighted by molar-refractivity contribution is 7.90. The van der Waals surface area contributed by atoms with Gasteiger partial charge in [0.1, 0.15) is 0 Å². The molecule has 0 unspecified atom stereocenters. The Hall–Kier alpha value is -1.03. The Kier molecular flexibility index (Phi) is 1.87. The van der Waals surface area contributed by atoms with Gasteiger partial charge in [0.05, 0.1) is 10.6 Å². The Labute approximate surface area is 65.8 Å². The maximum atomic E-state index is 11.0. The van der Waals surface area contributed by atoms with Crippen LogP contribution >= 0.6 is 0 Å². The van der Waals surface area contributed by atoms with Gasteiger partial charge >= 0.3 is 0 Å². The molecule has 1 radical (unpaired) electrons. The maximum Gasteiger partial charge on any atom is 0.177 e. The van der Waals surface area contributed by atoms with Gasteiger partial charge in [-0.05, 0) is 6.07 Å². The Bertz CT molecular complexity index is 356. The highest BCUT2D eigenvalue weighted by Gasteiger charge is 2.09. The first kappa shape index (κ1) is 8.07. The first-order valence-electron chi connectivity index (χ1n) is 2.98. The van der Waals surface area contributed by atoms with Crippen molar-refractivity contribution in [3.8, 4) is 0 Å². The third-order valence-corrected chi connectivity index (χ3v) is 2.40. The van der Waals surface area contributed by atoms with Gasteiger partial charge in [-0.3, -0.25) is 0 Å². The van der Waals surface area contributed by atoms with E-state index >= 15 is 0 Å². The van der Waals surface area contributed by atoms with Crippen molar-refractivity contribution in [2.24, 2.45) is 0 Å².